The van der Waals surface area contributed by atoms with Gasteiger partial charge in [0.25, 0.3) is 11.6 Å². The van der Waals surface area contributed by atoms with Gasteiger partial charge < -0.3 is 4.52 Å². The summed E-state index contributed by atoms with van der Waals surface area (Å²) in [4.78, 5) is 14.9. The van der Waals surface area contributed by atoms with E-state index in [9.17, 15) is 10.1 Å². The van der Waals surface area contributed by atoms with Crippen LogP contribution in [-0.2, 0) is 0 Å². The predicted octanol–water partition coefficient (Wildman–Crippen LogP) is 5.23. The van der Waals surface area contributed by atoms with Crippen molar-refractivity contribution in [2.45, 2.75) is 0 Å². The number of non-ortho nitro benzene ring substituents is 1. The first-order valence-electron chi connectivity index (χ1n) is 8.62. The Morgan fingerprint density at radius 1 is 0.893 bits per heavy atom. The van der Waals surface area contributed by atoms with Crippen molar-refractivity contribution in [1.82, 2.24) is 10.1 Å². The van der Waals surface area contributed by atoms with Crippen molar-refractivity contribution in [1.29, 1.82) is 0 Å². The molecule has 0 saturated carbocycles. The Labute approximate surface area is 160 Å². The number of nitro groups is 1. The van der Waals surface area contributed by atoms with Gasteiger partial charge in [0.1, 0.15) is 0 Å². The highest BCUT2D eigenvalue weighted by Crippen LogP contribution is 2.27. The Bertz CT molecular complexity index is 1120. The highest BCUT2D eigenvalue weighted by molar-refractivity contribution is 5.88. The molecule has 4 aromatic rings. The third-order valence-corrected chi connectivity index (χ3v) is 4.19. The second kappa shape index (κ2) is 7.67. The van der Waals surface area contributed by atoms with E-state index in [1.54, 1.807) is 12.1 Å². The summed E-state index contributed by atoms with van der Waals surface area (Å²) >= 11 is 0. The van der Waals surface area contributed by atoms with Crippen LogP contribution in [-0.4, -0.2) is 15.1 Å². The zero-order chi connectivity index (χ0) is 19.3. The normalized spacial score (nSPS) is 11.4. The topological polar surface area (TPSA) is 82.1 Å². The molecule has 0 aliphatic heterocycles. The Hall–Kier alpha value is -4.06. The maximum absolute atomic E-state index is 10.8. The molecule has 0 aliphatic carbocycles. The Kier molecular flexibility index (Phi) is 4.76. The summed E-state index contributed by atoms with van der Waals surface area (Å²) in [5, 5.41) is 14.9. The summed E-state index contributed by atoms with van der Waals surface area (Å²) < 4.78 is 5.52. The Balaban J connectivity index is 1.74. The SMILES string of the molecule is O=[N+]([O-])c1ccc(-c2noc(/C(=C\c3ccccc3)c3ccccc3)n2)cc1. The summed E-state index contributed by atoms with van der Waals surface area (Å²) in [7, 11) is 0. The molecule has 0 unspecified atom stereocenters. The maximum Gasteiger partial charge on any atom is 0.269 e. The number of hydrogen-bond donors (Lipinski definition) is 0. The van der Waals surface area contributed by atoms with Crippen molar-refractivity contribution < 1.29 is 9.45 Å². The van der Waals surface area contributed by atoms with Crippen LogP contribution in [0.25, 0.3) is 23.0 Å². The Morgan fingerprint density at radius 2 is 1.54 bits per heavy atom. The second-order valence-electron chi connectivity index (χ2n) is 6.06. The first kappa shape index (κ1) is 17.4. The summed E-state index contributed by atoms with van der Waals surface area (Å²) in [5.41, 5.74) is 3.42. The van der Waals surface area contributed by atoms with Crippen LogP contribution in [0.5, 0.6) is 0 Å². The van der Waals surface area contributed by atoms with Crippen molar-refractivity contribution >= 4 is 17.3 Å². The smallest absolute Gasteiger partial charge is 0.269 e. The molecule has 0 fully saturated rings. The minimum atomic E-state index is -0.443. The lowest BCUT2D eigenvalue weighted by atomic mass is 10.0. The first-order chi connectivity index (χ1) is 13.7. The van der Waals surface area contributed by atoms with Gasteiger partial charge in [-0.3, -0.25) is 10.1 Å². The molecule has 3 aromatic carbocycles. The molecular formula is C22H15N3O3. The van der Waals surface area contributed by atoms with Crippen LogP contribution in [0, 0.1) is 10.1 Å². The molecular weight excluding hydrogens is 354 g/mol. The van der Waals surface area contributed by atoms with Crippen molar-refractivity contribution in [3.05, 3.63) is 112 Å². The van der Waals surface area contributed by atoms with Gasteiger partial charge in [0.05, 0.1) is 4.92 Å². The maximum atomic E-state index is 10.8. The van der Waals surface area contributed by atoms with Crippen molar-refractivity contribution in [3.8, 4) is 11.4 Å². The molecule has 136 valence electrons. The summed E-state index contributed by atoms with van der Waals surface area (Å²) in [6.45, 7) is 0. The van der Waals surface area contributed by atoms with E-state index in [1.165, 1.54) is 12.1 Å². The van der Waals surface area contributed by atoms with Crippen LogP contribution in [0.4, 0.5) is 5.69 Å². The predicted molar refractivity (Wildman–Crippen MR) is 106 cm³/mol. The van der Waals surface area contributed by atoms with E-state index in [0.717, 1.165) is 16.7 Å². The second-order valence-corrected chi connectivity index (χ2v) is 6.06. The average Bonchev–Trinajstić information content (AvgIpc) is 3.23. The van der Waals surface area contributed by atoms with Gasteiger partial charge in [-0.15, -0.1) is 0 Å². The molecule has 0 aliphatic rings. The lowest BCUT2D eigenvalue weighted by molar-refractivity contribution is -0.384. The fourth-order valence-corrected chi connectivity index (χ4v) is 2.78. The summed E-state index contributed by atoms with van der Waals surface area (Å²) in [6.07, 6.45) is 1.99. The molecule has 1 aromatic heterocycles. The molecule has 0 radical (unpaired) electrons. The van der Waals surface area contributed by atoms with Crippen LogP contribution in [0.2, 0.25) is 0 Å². The lowest BCUT2D eigenvalue weighted by Gasteiger charge is -2.03. The molecule has 0 spiro atoms. The number of aromatic nitrogens is 2. The van der Waals surface area contributed by atoms with E-state index in [1.807, 2.05) is 66.7 Å². The molecule has 0 amide bonds. The van der Waals surface area contributed by atoms with Gasteiger partial charge in [0, 0.05) is 23.3 Å². The van der Waals surface area contributed by atoms with Crippen LogP contribution in [0.15, 0.2) is 89.5 Å². The van der Waals surface area contributed by atoms with E-state index in [-0.39, 0.29) is 5.69 Å². The zero-order valence-corrected chi connectivity index (χ0v) is 14.7. The van der Waals surface area contributed by atoms with E-state index in [0.29, 0.717) is 17.3 Å². The minimum Gasteiger partial charge on any atom is -0.334 e. The lowest BCUT2D eigenvalue weighted by Crippen LogP contribution is -1.90. The van der Waals surface area contributed by atoms with Crippen LogP contribution in [0.1, 0.15) is 17.0 Å². The van der Waals surface area contributed by atoms with E-state index in [2.05, 4.69) is 10.1 Å². The number of hydrogen-bond acceptors (Lipinski definition) is 5. The van der Waals surface area contributed by atoms with E-state index in [4.69, 9.17) is 4.52 Å². The minimum absolute atomic E-state index is 0.0152. The highest BCUT2D eigenvalue weighted by Gasteiger charge is 2.15. The fraction of sp³-hybridized carbons (Fsp3) is 0. The van der Waals surface area contributed by atoms with Gasteiger partial charge in [0.15, 0.2) is 0 Å². The van der Waals surface area contributed by atoms with Crippen molar-refractivity contribution in [2.24, 2.45) is 0 Å². The fourth-order valence-electron chi connectivity index (χ4n) is 2.78. The molecule has 0 N–H and O–H groups in total. The van der Waals surface area contributed by atoms with Crippen molar-refractivity contribution in [2.75, 3.05) is 0 Å². The van der Waals surface area contributed by atoms with Gasteiger partial charge in [-0.05, 0) is 29.3 Å². The van der Waals surface area contributed by atoms with Gasteiger partial charge >= 0.3 is 0 Å². The average molecular weight is 369 g/mol. The monoisotopic (exact) mass is 369 g/mol. The molecule has 6 heteroatoms. The first-order valence-corrected chi connectivity index (χ1v) is 8.62. The largest absolute Gasteiger partial charge is 0.334 e. The molecule has 0 atom stereocenters. The highest BCUT2D eigenvalue weighted by atomic mass is 16.6. The van der Waals surface area contributed by atoms with Crippen LogP contribution < -0.4 is 0 Å². The van der Waals surface area contributed by atoms with Crippen LogP contribution >= 0.6 is 0 Å². The van der Waals surface area contributed by atoms with E-state index < -0.39 is 4.92 Å². The van der Waals surface area contributed by atoms with Crippen molar-refractivity contribution in [3.63, 3.8) is 0 Å². The quantitative estimate of drug-likeness (QED) is 0.273. The number of nitro benzene ring substituents is 1. The Morgan fingerprint density at radius 3 is 2.18 bits per heavy atom. The molecule has 4 rings (SSSR count). The number of nitrogens with zero attached hydrogens (tertiary/aromatic N) is 3. The standard InChI is InChI=1S/C22H15N3O3/c26-25(27)19-13-11-18(12-14-19)21-23-22(28-24-21)20(17-9-5-2-6-10-17)15-16-7-3-1-4-8-16/h1-15H/b20-15-. The molecule has 1 heterocycles. The third kappa shape index (κ3) is 3.71. The number of benzene rings is 3. The summed E-state index contributed by atoms with van der Waals surface area (Å²) in [5.74, 6) is 0.753. The van der Waals surface area contributed by atoms with Gasteiger partial charge in [-0.1, -0.05) is 65.8 Å². The molecule has 0 saturated heterocycles. The van der Waals surface area contributed by atoms with Crippen LogP contribution in [0.3, 0.4) is 0 Å². The number of rotatable bonds is 5. The van der Waals surface area contributed by atoms with E-state index >= 15 is 0 Å². The molecule has 28 heavy (non-hydrogen) atoms. The molecule has 6 nitrogen and oxygen atoms in total. The zero-order valence-electron chi connectivity index (χ0n) is 14.7. The van der Waals surface area contributed by atoms with Gasteiger partial charge in [-0.2, -0.15) is 4.98 Å². The van der Waals surface area contributed by atoms with Gasteiger partial charge in [0.2, 0.25) is 5.82 Å². The third-order valence-electron chi connectivity index (χ3n) is 4.19. The molecule has 0 bridgehead atoms. The van der Waals surface area contributed by atoms with Gasteiger partial charge in [-0.25, -0.2) is 0 Å². The summed E-state index contributed by atoms with van der Waals surface area (Å²) in [6, 6.07) is 25.7.